The molecule has 19 heavy (non-hydrogen) atoms. The van der Waals surface area contributed by atoms with Crippen molar-refractivity contribution in [2.24, 2.45) is 0 Å². The smallest absolute Gasteiger partial charge is 0.333 e. The number of carbonyl (C=O) groups excluding carboxylic acids is 1. The van der Waals surface area contributed by atoms with Crippen molar-refractivity contribution < 1.29 is 4.79 Å². The third kappa shape index (κ3) is 1.77. The number of aromatic amines is 1. The zero-order chi connectivity index (χ0) is 13.4. The van der Waals surface area contributed by atoms with Crippen LogP contribution in [0.5, 0.6) is 0 Å². The number of anilines is 1. The lowest BCUT2D eigenvalue weighted by Gasteiger charge is -2.01. The standard InChI is InChI=1S/C12H9N5O2/c13-7-1-2-10-8(5-7)16-12(19)17(10)11(18)9-6-14-3-4-15-9/h1-6H,13H2,(H,16,19). The minimum Gasteiger partial charge on any atom is -0.399 e. The maximum Gasteiger partial charge on any atom is 0.333 e. The Bertz CT molecular complexity index is 819. The van der Waals surface area contributed by atoms with Gasteiger partial charge in [0, 0.05) is 18.1 Å². The van der Waals surface area contributed by atoms with E-state index in [0.29, 0.717) is 16.7 Å². The second-order valence-corrected chi connectivity index (χ2v) is 3.94. The highest BCUT2D eigenvalue weighted by molar-refractivity contribution is 5.99. The van der Waals surface area contributed by atoms with E-state index in [0.717, 1.165) is 4.57 Å². The number of nitrogens with one attached hydrogen (secondary N) is 1. The summed E-state index contributed by atoms with van der Waals surface area (Å²) < 4.78 is 1.01. The Morgan fingerprint density at radius 2 is 2.16 bits per heavy atom. The molecule has 0 aliphatic carbocycles. The predicted octanol–water partition coefficient (Wildman–Crippen LogP) is 0.390. The van der Waals surface area contributed by atoms with Gasteiger partial charge in [-0.2, -0.15) is 0 Å². The fourth-order valence-electron chi connectivity index (χ4n) is 1.85. The van der Waals surface area contributed by atoms with Crippen molar-refractivity contribution in [3.63, 3.8) is 0 Å². The summed E-state index contributed by atoms with van der Waals surface area (Å²) in [6.07, 6.45) is 4.16. The van der Waals surface area contributed by atoms with Gasteiger partial charge in [-0.05, 0) is 18.2 Å². The molecule has 0 amide bonds. The van der Waals surface area contributed by atoms with Gasteiger partial charge in [0.2, 0.25) is 0 Å². The van der Waals surface area contributed by atoms with Crippen LogP contribution in [0.25, 0.3) is 11.0 Å². The summed E-state index contributed by atoms with van der Waals surface area (Å²) in [6.45, 7) is 0. The molecule has 0 atom stereocenters. The molecule has 0 saturated heterocycles. The number of hydrogen-bond acceptors (Lipinski definition) is 5. The van der Waals surface area contributed by atoms with Gasteiger partial charge in [0.05, 0.1) is 17.2 Å². The molecule has 0 radical (unpaired) electrons. The van der Waals surface area contributed by atoms with Crippen LogP contribution in [0.1, 0.15) is 10.5 Å². The van der Waals surface area contributed by atoms with Gasteiger partial charge in [0.15, 0.2) is 0 Å². The summed E-state index contributed by atoms with van der Waals surface area (Å²) in [5.74, 6) is -0.533. The first-order valence-electron chi connectivity index (χ1n) is 5.48. The van der Waals surface area contributed by atoms with E-state index in [1.807, 2.05) is 0 Å². The largest absolute Gasteiger partial charge is 0.399 e. The van der Waals surface area contributed by atoms with Gasteiger partial charge < -0.3 is 10.7 Å². The lowest BCUT2D eigenvalue weighted by molar-refractivity contribution is 0.0955. The Kier molecular flexibility index (Phi) is 2.38. The summed E-state index contributed by atoms with van der Waals surface area (Å²) in [5, 5.41) is 0. The van der Waals surface area contributed by atoms with Crippen LogP contribution < -0.4 is 11.4 Å². The zero-order valence-electron chi connectivity index (χ0n) is 9.70. The molecule has 0 fully saturated rings. The molecule has 0 spiro atoms. The number of rotatable bonds is 1. The van der Waals surface area contributed by atoms with Crippen LogP contribution in [-0.4, -0.2) is 25.4 Å². The van der Waals surface area contributed by atoms with E-state index in [9.17, 15) is 9.59 Å². The normalized spacial score (nSPS) is 10.7. The summed E-state index contributed by atoms with van der Waals surface area (Å²) in [7, 11) is 0. The van der Waals surface area contributed by atoms with E-state index >= 15 is 0 Å². The van der Waals surface area contributed by atoms with Crippen molar-refractivity contribution in [1.29, 1.82) is 0 Å². The van der Waals surface area contributed by atoms with Gasteiger partial charge in [0.1, 0.15) is 5.69 Å². The first kappa shape index (κ1) is 11.1. The lowest BCUT2D eigenvalue weighted by Crippen LogP contribution is -2.25. The molecule has 0 aliphatic heterocycles. The second kappa shape index (κ2) is 4.05. The number of hydrogen-bond donors (Lipinski definition) is 2. The molecule has 2 aromatic heterocycles. The number of nitrogen functional groups attached to an aromatic ring is 1. The molecule has 1 aromatic carbocycles. The quantitative estimate of drug-likeness (QED) is 0.612. The summed E-state index contributed by atoms with van der Waals surface area (Å²) >= 11 is 0. The van der Waals surface area contributed by atoms with Crippen LogP contribution in [0.4, 0.5) is 5.69 Å². The molecule has 7 heteroatoms. The van der Waals surface area contributed by atoms with Gasteiger partial charge in [-0.25, -0.2) is 14.3 Å². The highest BCUT2D eigenvalue weighted by atomic mass is 16.2. The Hall–Kier alpha value is -2.96. The molecule has 3 aromatic rings. The number of fused-ring (bicyclic) bond motifs is 1. The summed E-state index contributed by atoms with van der Waals surface area (Å²) in [4.78, 5) is 34.4. The number of aromatic nitrogens is 4. The Morgan fingerprint density at radius 1 is 1.32 bits per heavy atom. The topological polar surface area (TPSA) is 107 Å². The zero-order valence-corrected chi connectivity index (χ0v) is 9.70. The van der Waals surface area contributed by atoms with Crippen molar-refractivity contribution in [2.45, 2.75) is 0 Å². The molecule has 94 valence electrons. The number of carbonyl (C=O) groups is 1. The number of nitrogens with two attached hydrogens (primary N) is 1. The molecule has 3 N–H and O–H groups in total. The predicted molar refractivity (Wildman–Crippen MR) is 68.7 cm³/mol. The fourth-order valence-corrected chi connectivity index (χ4v) is 1.85. The average molecular weight is 255 g/mol. The minimum atomic E-state index is -0.533. The van der Waals surface area contributed by atoms with Crippen LogP contribution in [0.15, 0.2) is 41.6 Å². The number of benzene rings is 1. The number of imidazole rings is 1. The average Bonchev–Trinajstić information content (AvgIpc) is 2.74. The molecule has 2 heterocycles. The van der Waals surface area contributed by atoms with Crippen molar-refractivity contribution in [3.05, 3.63) is 53.0 Å². The minimum absolute atomic E-state index is 0.0994. The molecule has 0 saturated carbocycles. The third-order valence-electron chi connectivity index (χ3n) is 2.69. The second-order valence-electron chi connectivity index (χ2n) is 3.94. The van der Waals surface area contributed by atoms with E-state index < -0.39 is 11.6 Å². The van der Waals surface area contributed by atoms with Gasteiger partial charge in [0.25, 0.3) is 5.91 Å². The molecule has 3 rings (SSSR count). The van der Waals surface area contributed by atoms with Crippen LogP contribution in [0.3, 0.4) is 0 Å². The third-order valence-corrected chi connectivity index (χ3v) is 2.69. The lowest BCUT2D eigenvalue weighted by atomic mass is 10.3. The fraction of sp³-hybridized carbons (Fsp3) is 0. The molecule has 7 nitrogen and oxygen atoms in total. The van der Waals surface area contributed by atoms with Crippen LogP contribution in [0.2, 0.25) is 0 Å². The van der Waals surface area contributed by atoms with Crippen LogP contribution in [-0.2, 0) is 0 Å². The summed E-state index contributed by atoms with van der Waals surface area (Å²) in [5.41, 5.74) is 6.66. The maximum absolute atomic E-state index is 12.2. The SMILES string of the molecule is Nc1ccc2c(c1)[nH]c(=O)n2C(=O)c1cnccn1. The van der Waals surface area contributed by atoms with Crippen LogP contribution in [0, 0.1) is 0 Å². The van der Waals surface area contributed by atoms with Gasteiger partial charge >= 0.3 is 5.69 Å². The summed E-state index contributed by atoms with van der Waals surface area (Å²) in [6, 6.07) is 4.82. The first-order chi connectivity index (χ1) is 9.16. The highest BCUT2D eigenvalue weighted by Gasteiger charge is 2.16. The van der Waals surface area contributed by atoms with Crippen molar-refractivity contribution in [1.82, 2.24) is 19.5 Å². The monoisotopic (exact) mass is 255 g/mol. The maximum atomic E-state index is 12.2. The molecule has 0 aliphatic rings. The van der Waals surface area contributed by atoms with Crippen molar-refractivity contribution in [2.75, 3.05) is 5.73 Å². The van der Waals surface area contributed by atoms with Gasteiger partial charge in [-0.15, -0.1) is 0 Å². The molecular formula is C12H9N5O2. The molecule has 0 bridgehead atoms. The van der Waals surface area contributed by atoms with Gasteiger partial charge in [-0.3, -0.25) is 9.78 Å². The first-order valence-corrected chi connectivity index (χ1v) is 5.48. The van der Waals surface area contributed by atoms with E-state index in [1.54, 1.807) is 18.2 Å². The molecule has 0 unspecified atom stereocenters. The van der Waals surface area contributed by atoms with E-state index in [2.05, 4.69) is 15.0 Å². The Balaban J connectivity index is 2.23. The Labute approximate surface area is 106 Å². The van der Waals surface area contributed by atoms with Crippen molar-refractivity contribution in [3.8, 4) is 0 Å². The van der Waals surface area contributed by atoms with E-state index in [-0.39, 0.29) is 5.69 Å². The Morgan fingerprint density at radius 3 is 2.89 bits per heavy atom. The van der Waals surface area contributed by atoms with E-state index in [4.69, 9.17) is 5.73 Å². The number of H-pyrrole nitrogens is 1. The van der Waals surface area contributed by atoms with Crippen molar-refractivity contribution >= 4 is 22.6 Å². The van der Waals surface area contributed by atoms with Crippen LogP contribution >= 0.6 is 0 Å². The van der Waals surface area contributed by atoms with Gasteiger partial charge in [-0.1, -0.05) is 0 Å². The molecular weight excluding hydrogens is 246 g/mol. The van der Waals surface area contributed by atoms with E-state index in [1.165, 1.54) is 18.6 Å². The highest BCUT2D eigenvalue weighted by Crippen LogP contribution is 2.14. The number of nitrogens with zero attached hydrogens (tertiary/aromatic N) is 3.